The van der Waals surface area contributed by atoms with Gasteiger partial charge in [-0.2, -0.15) is 12.6 Å². The minimum Gasteiger partial charge on any atom is -0.288 e. The van der Waals surface area contributed by atoms with Crippen molar-refractivity contribution in [2.75, 3.05) is 0 Å². The lowest BCUT2D eigenvalue weighted by atomic mass is 9.81. The van der Waals surface area contributed by atoms with Crippen molar-refractivity contribution < 1.29 is 9.59 Å². The van der Waals surface area contributed by atoms with Crippen LogP contribution in [-0.4, -0.2) is 22.9 Å². The van der Waals surface area contributed by atoms with Crippen molar-refractivity contribution in [1.82, 2.24) is 15.8 Å². The lowest BCUT2D eigenvalue weighted by Gasteiger charge is -2.46. The number of thiol groups is 1. The number of hydrogen-bond acceptors (Lipinski definition) is 4. The van der Waals surface area contributed by atoms with Crippen LogP contribution in [0.4, 0.5) is 0 Å². The van der Waals surface area contributed by atoms with Gasteiger partial charge in [0.25, 0.3) is 5.91 Å². The van der Waals surface area contributed by atoms with E-state index >= 15 is 0 Å². The van der Waals surface area contributed by atoms with Crippen LogP contribution in [0.2, 0.25) is 0 Å². The molecule has 5 nitrogen and oxygen atoms in total. The molecular formula is C22H25N3O2S. The molecule has 1 aliphatic heterocycles. The third kappa shape index (κ3) is 3.80. The van der Waals surface area contributed by atoms with Gasteiger partial charge in [0.05, 0.1) is 5.92 Å². The minimum absolute atomic E-state index is 0.00219. The predicted molar refractivity (Wildman–Crippen MR) is 112 cm³/mol. The van der Waals surface area contributed by atoms with Crippen molar-refractivity contribution >= 4 is 24.4 Å². The number of carbonyl (C=O) groups excluding carboxylic acids is 2. The van der Waals surface area contributed by atoms with Gasteiger partial charge >= 0.3 is 0 Å². The van der Waals surface area contributed by atoms with Crippen LogP contribution in [-0.2, 0) is 10.5 Å². The van der Waals surface area contributed by atoms with Gasteiger partial charge in [-0.1, -0.05) is 55.3 Å². The molecule has 2 N–H and O–H groups in total. The first-order chi connectivity index (χ1) is 13.7. The summed E-state index contributed by atoms with van der Waals surface area (Å²) < 4.78 is 0. The zero-order valence-electron chi connectivity index (χ0n) is 15.7. The number of rotatable bonds is 4. The Hall–Kier alpha value is -2.31. The van der Waals surface area contributed by atoms with Crippen molar-refractivity contribution in [3.8, 4) is 0 Å². The van der Waals surface area contributed by atoms with E-state index in [1.807, 2.05) is 42.5 Å². The highest BCUT2D eigenvalue weighted by Gasteiger charge is 2.43. The summed E-state index contributed by atoms with van der Waals surface area (Å²) in [5.41, 5.74) is 5.40. The number of fused-ring (bicyclic) bond motifs is 1. The van der Waals surface area contributed by atoms with Gasteiger partial charge in [-0.3, -0.25) is 20.3 Å². The highest BCUT2D eigenvalue weighted by atomic mass is 32.1. The molecule has 0 spiro atoms. The third-order valence-electron chi connectivity index (χ3n) is 5.69. The van der Waals surface area contributed by atoms with Crippen LogP contribution < -0.4 is 10.7 Å². The van der Waals surface area contributed by atoms with E-state index in [-0.39, 0.29) is 29.9 Å². The third-order valence-corrected chi connectivity index (χ3v) is 6.05. The minimum atomic E-state index is -0.367. The van der Waals surface area contributed by atoms with E-state index in [4.69, 9.17) is 0 Å². The zero-order valence-corrected chi connectivity index (χ0v) is 16.6. The van der Waals surface area contributed by atoms with Crippen molar-refractivity contribution in [2.24, 2.45) is 5.92 Å². The van der Waals surface area contributed by atoms with Crippen molar-refractivity contribution in [3.05, 3.63) is 71.3 Å². The normalized spacial score (nSPS) is 24.5. The molecule has 0 bridgehead atoms. The van der Waals surface area contributed by atoms with Gasteiger partial charge in [-0.25, -0.2) is 5.01 Å². The number of carbonyl (C=O) groups is 2. The average Bonchev–Trinajstić information content (AvgIpc) is 2.76. The molecule has 2 fully saturated rings. The van der Waals surface area contributed by atoms with Crippen LogP contribution in [0.3, 0.4) is 0 Å². The second-order valence-corrected chi connectivity index (χ2v) is 7.80. The van der Waals surface area contributed by atoms with E-state index in [0.29, 0.717) is 11.3 Å². The maximum absolute atomic E-state index is 13.3. The molecule has 146 valence electrons. The number of nitrogens with one attached hydrogen (secondary N) is 2. The molecule has 28 heavy (non-hydrogen) atoms. The molecule has 1 aliphatic carbocycles. The topological polar surface area (TPSA) is 61.4 Å². The maximum Gasteiger partial charge on any atom is 0.269 e. The number of hydrogen-bond donors (Lipinski definition) is 3. The number of benzene rings is 2. The molecular weight excluding hydrogens is 370 g/mol. The average molecular weight is 396 g/mol. The Balaban J connectivity index is 1.60. The van der Waals surface area contributed by atoms with E-state index in [2.05, 4.69) is 23.4 Å². The first-order valence-electron chi connectivity index (χ1n) is 9.82. The van der Waals surface area contributed by atoms with Gasteiger partial charge in [-0.05, 0) is 36.1 Å². The summed E-state index contributed by atoms with van der Waals surface area (Å²) in [4.78, 5) is 26.1. The molecule has 3 atom stereocenters. The van der Waals surface area contributed by atoms with Gasteiger partial charge in [0.15, 0.2) is 0 Å². The maximum atomic E-state index is 13.3. The Morgan fingerprint density at radius 2 is 1.79 bits per heavy atom. The molecule has 3 unspecified atom stereocenters. The summed E-state index contributed by atoms with van der Waals surface area (Å²) in [7, 11) is 0. The number of amides is 2. The smallest absolute Gasteiger partial charge is 0.269 e. The highest BCUT2D eigenvalue weighted by Crippen LogP contribution is 2.34. The quantitative estimate of drug-likeness (QED) is 0.695. The van der Waals surface area contributed by atoms with Crippen LogP contribution >= 0.6 is 12.6 Å². The Labute approximate surface area is 170 Å². The molecule has 6 heteroatoms. The van der Waals surface area contributed by atoms with Crippen molar-refractivity contribution in [1.29, 1.82) is 0 Å². The molecule has 1 heterocycles. The monoisotopic (exact) mass is 395 g/mol. The van der Waals surface area contributed by atoms with Crippen LogP contribution in [0.1, 0.15) is 53.3 Å². The summed E-state index contributed by atoms with van der Waals surface area (Å²) in [6.07, 6.45) is 3.67. The van der Waals surface area contributed by atoms with Gasteiger partial charge in [0, 0.05) is 17.4 Å². The van der Waals surface area contributed by atoms with Crippen LogP contribution in [0.5, 0.6) is 0 Å². The molecule has 0 radical (unpaired) electrons. The Morgan fingerprint density at radius 3 is 2.50 bits per heavy atom. The summed E-state index contributed by atoms with van der Waals surface area (Å²) in [6, 6.07) is 17.3. The first kappa shape index (κ1) is 19.0. The molecule has 1 saturated carbocycles. The van der Waals surface area contributed by atoms with Crippen LogP contribution in [0, 0.1) is 5.92 Å². The molecule has 2 aromatic carbocycles. The zero-order chi connectivity index (χ0) is 19.5. The molecule has 0 aromatic heterocycles. The van der Waals surface area contributed by atoms with Crippen LogP contribution in [0.25, 0.3) is 0 Å². The molecule has 2 aliphatic rings. The standard InChI is InChI=1S/C22H25N3O2S/c26-21(17-12-10-15(14-28)11-13-17)24-25-20(16-6-2-1-3-7-16)23-19-9-5-4-8-18(19)22(25)27/h1-3,6-7,10-13,18-20,23,28H,4-5,8-9,14H2,(H,24,26). The van der Waals surface area contributed by atoms with Crippen molar-refractivity contribution in [3.63, 3.8) is 0 Å². The lowest BCUT2D eigenvalue weighted by molar-refractivity contribution is -0.150. The summed E-state index contributed by atoms with van der Waals surface area (Å²) >= 11 is 4.25. The molecule has 2 aromatic rings. The van der Waals surface area contributed by atoms with E-state index in [0.717, 1.165) is 36.8 Å². The lowest BCUT2D eigenvalue weighted by Crippen LogP contribution is -2.63. The summed E-state index contributed by atoms with van der Waals surface area (Å²) in [5, 5.41) is 5.10. The van der Waals surface area contributed by atoms with E-state index in [9.17, 15) is 9.59 Å². The second kappa shape index (κ2) is 8.37. The Morgan fingerprint density at radius 1 is 1.07 bits per heavy atom. The fraction of sp³-hybridized carbons (Fsp3) is 0.364. The fourth-order valence-electron chi connectivity index (χ4n) is 4.14. The van der Waals surface area contributed by atoms with E-state index in [1.165, 1.54) is 5.01 Å². The molecule has 1 saturated heterocycles. The van der Waals surface area contributed by atoms with Gasteiger partial charge in [0.1, 0.15) is 6.17 Å². The predicted octanol–water partition coefficient (Wildman–Crippen LogP) is 3.45. The Bertz CT molecular complexity index is 841. The second-order valence-electron chi connectivity index (χ2n) is 7.48. The SMILES string of the molecule is O=C(NN1C(=O)C2CCCCC2NC1c1ccccc1)c1ccc(CS)cc1. The number of hydrazine groups is 1. The summed E-state index contributed by atoms with van der Waals surface area (Å²) in [6.45, 7) is 0. The van der Waals surface area contributed by atoms with E-state index in [1.54, 1.807) is 12.1 Å². The van der Waals surface area contributed by atoms with E-state index < -0.39 is 0 Å². The van der Waals surface area contributed by atoms with Gasteiger partial charge < -0.3 is 0 Å². The first-order valence-corrected chi connectivity index (χ1v) is 10.5. The number of nitrogens with zero attached hydrogens (tertiary/aromatic N) is 1. The van der Waals surface area contributed by atoms with Gasteiger partial charge in [-0.15, -0.1) is 0 Å². The Kier molecular flexibility index (Phi) is 5.69. The van der Waals surface area contributed by atoms with Crippen molar-refractivity contribution in [2.45, 2.75) is 43.6 Å². The van der Waals surface area contributed by atoms with Crippen LogP contribution in [0.15, 0.2) is 54.6 Å². The van der Waals surface area contributed by atoms with Gasteiger partial charge in [0.2, 0.25) is 5.91 Å². The highest BCUT2D eigenvalue weighted by molar-refractivity contribution is 7.79. The fourth-order valence-corrected chi connectivity index (χ4v) is 4.36. The molecule has 2 amide bonds. The molecule has 4 rings (SSSR count). The summed E-state index contributed by atoms with van der Waals surface area (Å²) in [5.74, 6) is 0.254. The largest absolute Gasteiger partial charge is 0.288 e.